The third-order valence-electron chi connectivity index (χ3n) is 4.91. The lowest BCUT2D eigenvalue weighted by molar-refractivity contribution is -0.0498. The number of hydrogen-bond acceptors (Lipinski definition) is 6. The second kappa shape index (κ2) is 7.31. The summed E-state index contributed by atoms with van der Waals surface area (Å²) < 4.78 is 52.8. The van der Waals surface area contributed by atoms with Crippen molar-refractivity contribution in [3.63, 3.8) is 0 Å². The van der Waals surface area contributed by atoms with Gasteiger partial charge in [0.2, 0.25) is 0 Å². The Labute approximate surface area is 170 Å². The van der Waals surface area contributed by atoms with E-state index in [4.69, 9.17) is 0 Å². The summed E-state index contributed by atoms with van der Waals surface area (Å²) in [6, 6.07) is 7.62. The van der Waals surface area contributed by atoms with Crippen molar-refractivity contribution in [2.75, 3.05) is 11.5 Å². The molecular weight excluding hydrogens is 418 g/mol. The number of amides is 1. The van der Waals surface area contributed by atoms with Gasteiger partial charge in [0.1, 0.15) is 17.0 Å². The van der Waals surface area contributed by atoms with E-state index in [2.05, 4.69) is 25.2 Å². The van der Waals surface area contributed by atoms with Crippen LogP contribution in [0.25, 0.3) is 22.3 Å². The Morgan fingerprint density at radius 3 is 2.83 bits per heavy atom. The molecule has 0 saturated carbocycles. The number of H-pyrrole nitrogens is 1. The number of rotatable bonds is 5. The molecule has 1 atom stereocenters. The lowest BCUT2D eigenvalue weighted by Crippen LogP contribution is -2.46. The zero-order chi connectivity index (χ0) is 21.5. The second-order valence-corrected chi connectivity index (χ2v) is 9.64. The molecule has 1 amide bonds. The van der Waals surface area contributed by atoms with Crippen molar-refractivity contribution >= 4 is 26.8 Å². The third-order valence-corrected chi connectivity index (χ3v) is 6.82. The summed E-state index contributed by atoms with van der Waals surface area (Å²) in [5.74, 6) is -0.506. The number of carbonyl (C=O) groups is 1. The lowest BCUT2D eigenvalue weighted by Gasteiger charge is -2.23. The summed E-state index contributed by atoms with van der Waals surface area (Å²) >= 11 is 0. The first-order chi connectivity index (χ1) is 14.1. The van der Waals surface area contributed by atoms with Gasteiger partial charge in [0.15, 0.2) is 9.84 Å². The largest absolute Gasteiger partial charge is 0.435 e. The molecule has 8 nitrogen and oxygen atoms in total. The van der Waals surface area contributed by atoms with Crippen LogP contribution < -0.4 is 10.1 Å². The SMILES string of the molecule is CC1(NC(=O)c2cnc3c(-c4cccc(OC(F)F)c4)n[nH]c3c2)CCS(=O)(=O)C1. The van der Waals surface area contributed by atoms with Gasteiger partial charge in [-0.2, -0.15) is 13.9 Å². The van der Waals surface area contributed by atoms with E-state index in [9.17, 15) is 22.0 Å². The third kappa shape index (κ3) is 4.11. The van der Waals surface area contributed by atoms with Crippen LogP contribution in [0.5, 0.6) is 5.75 Å². The van der Waals surface area contributed by atoms with Crippen molar-refractivity contribution in [1.82, 2.24) is 20.5 Å². The molecule has 1 aliphatic heterocycles. The molecule has 3 aromatic rings. The average molecular weight is 436 g/mol. The van der Waals surface area contributed by atoms with E-state index in [-0.39, 0.29) is 22.8 Å². The Balaban J connectivity index is 1.59. The van der Waals surface area contributed by atoms with Crippen LogP contribution in [0.1, 0.15) is 23.7 Å². The molecule has 0 aliphatic carbocycles. The first-order valence-corrected chi connectivity index (χ1v) is 10.9. The molecule has 0 bridgehead atoms. The Kier molecular flexibility index (Phi) is 4.92. The van der Waals surface area contributed by atoms with E-state index >= 15 is 0 Å². The number of nitrogens with one attached hydrogen (secondary N) is 2. The molecule has 2 aromatic heterocycles. The molecule has 0 radical (unpaired) electrons. The van der Waals surface area contributed by atoms with Gasteiger partial charge in [-0.1, -0.05) is 12.1 Å². The fourth-order valence-electron chi connectivity index (χ4n) is 3.51. The summed E-state index contributed by atoms with van der Waals surface area (Å²) in [7, 11) is -3.16. The van der Waals surface area contributed by atoms with Crippen LogP contribution in [0, 0.1) is 0 Å². The van der Waals surface area contributed by atoms with Gasteiger partial charge >= 0.3 is 6.61 Å². The molecule has 1 saturated heterocycles. The predicted octanol–water partition coefficient (Wildman–Crippen LogP) is 2.53. The van der Waals surface area contributed by atoms with Crippen LogP contribution in [0.15, 0.2) is 36.5 Å². The fraction of sp³-hybridized carbons (Fsp3) is 0.316. The van der Waals surface area contributed by atoms with Crippen LogP contribution in [0.2, 0.25) is 0 Å². The molecule has 30 heavy (non-hydrogen) atoms. The molecule has 1 aromatic carbocycles. The number of benzene rings is 1. The summed E-state index contributed by atoms with van der Waals surface area (Å²) in [6.45, 7) is -1.24. The molecular formula is C19H18F2N4O4S. The van der Waals surface area contributed by atoms with E-state index in [0.717, 1.165) is 0 Å². The highest BCUT2D eigenvalue weighted by Crippen LogP contribution is 2.29. The van der Waals surface area contributed by atoms with Gasteiger partial charge in [0, 0.05) is 11.8 Å². The molecule has 1 aliphatic rings. The predicted molar refractivity (Wildman–Crippen MR) is 105 cm³/mol. The minimum absolute atomic E-state index is 0.00518. The second-order valence-electron chi connectivity index (χ2n) is 7.46. The minimum Gasteiger partial charge on any atom is -0.435 e. The first kappa shape index (κ1) is 20.2. The summed E-state index contributed by atoms with van der Waals surface area (Å²) in [5.41, 5.74) is 1.29. The van der Waals surface area contributed by atoms with Gasteiger partial charge in [-0.25, -0.2) is 8.42 Å². The topological polar surface area (TPSA) is 114 Å². The normalized spacial score (nSPS) is 20.5. The molecule has 3 heterocycles. The van der Waals surface area contributed by atoms with Gasteiger partial charge < -0.3 is 10.1 Å². The van der Waals surface area contributed by atoms with E-state index in [0.29, 0.717) is 28.7 Å². The molecule has 0 spiro atoms. The Morgan fingerprint density at radius 2 is 2.13 bits per heavy atom. The van der Waals surface area contributed by atoms with E-state index in [1.807, 2.05) is 0 Å². The van der Waals surface area contributed by atoms with Gasteiger partial charge in [0.25, 0.3) is 5.91 Å². The summed E-state index contributed by atoms with van der Waals surface area (Å²) in [6.07, 6.45) is 1.71. The van der Waals surface area contributed by atoms with Crippen molar-refractivity contribution in [3.8, 4) is 17.0 Å². The average Bonchev–Trinajstić information content (AvgIpc) is 3.20. The Hall–Kier alpha value is -3.08. The number of nitrogens with zero attached hydrogens (tertiary/aromatic N) is 2. The number of hydrogen-bond donors (Lipinski definition) is 2. The number of fused-ring (bicyclic) bond motifs is 1. The van der Waals surface area contributed by atoms with Crippen LogP contribution in [0.3, 0.4) is 0 Å². The zero-order valence-electron chi connectivity index (χ0n) is 15.9. The van der Waals surface area contributed by atoms with Crippen LogP contribution in [-0.2, 0) is 9.84 Å². The van der Waals surface area contributed by atoms with Gasteiger partial charge in [-0.05, 0) is 31.5 Å². The maximum Gasteiger partial charge on any atom is 0.387 e. The number of sulfone groups is 1. The maximum atomic E-state index is 12.6. The van der Waals surface area contributed by atoms with E-state index in [1.54, 1.807) is 25.1 Å². The Bertz CT molecular complexity index is 1230. The fourth-order valence-corrected chi connectivity index (χ4v) is 5.60. The number of ether oxygens (including phenoxy) is 1. The summed E-state index contributed by atoms with van der Waals surface area (Å²) in [4.78, 5) is 16.9. The molecule has 11 heteroatoms. The standard InChI is InChI=1S/C19H18F2N4O4S/c1-19(5-6-30(27,28)10-19)23-17(26)12-8-14-16(22-9-12)15(25-24-14)11-3-2-4-13(7-11)29-18(20)21/h2-4,7-9,18H,5-6,10H2,1H3,(H,23,26)(H,24,25). The smallest absolute Gasteiger partial charge is 0.387 e. The van der Waals surface area contributed by atoms with Crippen molar-refractivity contribution in [3.05, 3.63) is 42.1 Å². The summed E-state index contributed by atoms with van der Waals surface area (Å²) in [5, 5.41) is 9.74. The first-order valence-electron chi connectivity index (χ1n) is 9.06. The zero-order valence-corrected chi connectivity index (χ0v) is 16.7. The quantitative estimate of drug-likeness (QED) is 0.635. The van der Waals surface area contributed by atoms with Crippen molar-refractivity contribution < 1.29 is 26.7 Å². The number of alkyl halides is 2. The number of aromatic amines is 1. The van der Waals surface area contributed by atoms with Crippen LogP contribution in [0.4, 0.5) is 8.78 Å². The van der Waals surface area contributed by atoms with Gasteiger partial charge in [0.05, 0.1) is 28.1 Å². The highest BCUT2D eigenvalue weighted by molar-refractivity contribution is 7.91. The van der Waals surface area contributed by atoms with Crippen LogP contribution in [-0.4, -0.2) is 53.2 Å². The molecule has 1 unspecified atom stereocenters. The lowest BCUT2D eigenvalue weighted by atomic mass is 10.0. The van der Waals surface area contributed by atoms with Crippen LogP contribution >= 0.6 is 0 Å². The molecule has 2 N–H and O–H groups in total. The number of carbonyl (C=O) groups excluding carboxylic acids is 1. The Morgan fingerprint density at radius 1 is 1.33 bits per heavy atom. The van der Waals surface area contributed by atoms with E-state index < -0.39 is 27.9 Å². The van der Waals surface area contributed by atoms with Crippen molar-refractivity contribution in [2.45, 2.75) is 25.5 Å². The van der Waals surface area contributed by atoms with E-state index in [1.165, 1.54) is 18.3 Å². The van der Waals surface area contributed by atoms with Gasteiger partial charge in [-0.3, -0.25) is 14.9 Å². The van der Waals surface area contributed by atoms with Crippen molar-refractivity contribution in [1.29, 1.82) is 0 Å². The molecule has 158 valence electrons. The number of halogens is 2. The minimum atomic E-state index is -3.16. The highest BCUT2D eigenvalue weighted by Gasteiger charge is 2.39. The molecule has 1 fully saturated rings. The molecule has 4 rings (SSSR count). The number of aromatic nitrogens is 3. The van der Waals surface area contributed by atoms with Gasteiger partial charge in [-0.15, -0.1) is 0 Å². The maximum absolute atomic E-state index is 12.6. The monoisotopic (exact) mass is 436 g/mol. The number of pyridine rings is 1. The highest BCUT2D eigenvalue weighted by atomic mass is 32.2. The van der Waals surface area contributed by atoms with Crippen molar-refractivity contribution in [2.24, 2.45) is 0 Å².